The fourth-order valence-corrected chi connectivity index (χ4v) is 3.47. The molecule has 1 saturated heterocycles. The minimum Gasteiger partial charge on any atom is -0.369 e. The van der Waals surface area contributed by atoms with E-state index in [1.54, 1.807) is 6.20 Å². The summed E-state index contributed by atoms with van der Waals surface area (Å²) in [5, 5.41) is 10.0. The van der Waals surface area contributed by atoms with Gasteiger partial charge >= 0.3 is 0 Å². The maximum Gasteiger partial charge on any atom is 0.182 e. The normalized spacial score (nSPS) is 15.2. The lowest BCUT2D eigenvalue weighted by Gasteiger charge is -2.31. The van der Waals surface area contributed by atoms with Crippen molar-refractivity contribution in [2.45, 2.75) is 32.4 Å². The Morgan fingerprint density at radius 1 is 1.22 bits per heavy atom. The summed E-state index contributed by atoms with van der Waals surface area (Å²) in [6.07, 6.45) is 4.84. The first-order chi connectivity index (χ1) is 11.2. The number of hydrogen-bond donors (Lipinski definition) is 2. The Balaban J connectivity index is 1.83. The van der Waals surface area contributed by atoms with Gasteiger partial charge in [-0.3, -0.25) is 5.10 Å². The van der Waals surface area contributed by atoms with Crippen molar-refractivity contribution in [3.8, 4) is 0 Å². The summed E-state index contributed by atoms with van der Waals surface area (Å²) in [5.74, 6) is -1.57. The molecule has 2 heterocycles. The van der Waals surface area contributed by atoms with Gasteiger partial charge in [0.2, 0.25) is 0 Å². The Morgan fingerprint density at radius 2 is 2.00 bits per heavy atom. The number of hydrogen-bond acceptors (Lipinski definition) is 3. The molecule has 0 amide bonds. The van der Waals surface area contributed by atoms with E-state index in [0.717, 1.165) is 43.6 Å². The smallest absolute Gasteiger partial charge is 0.182 e. The van der Waals surface area contributed by atoms with E-state index in [0.29, 0.717) is 23.2 Å². The van der Waals surface area contributed by atoms with Crippen LogP contribution in [0.4, 0.5) is 14.5 Å². The van der Waals surface area contributed by atoms with Crippen molar-refractivity contribution in [3.05, 3.63) is 45.7 Å². The number of halogens is 3. The van der Waals surface area contributed by atoms with Crippen molar-refractivity contribution in [1.82, 2.24) is 15.5 Å². The highest BCUT2D eigenvalue weighted by atomic mass is 79.9. The number of aromatic nitrogens is 2. The van der Waals surface area contributed by atoms with E-state index >= 15 is 0 Å². The molecule has 124 valence electrons. The van der Waals surface area contributed by atoms with Gasteiger partial charge < -0.3 is 10.2 Å². The quantitative estimate of drug-likeness (QED) is 0.771. The topological polar surface area (TPSA) is 44.0 Å². The largest absolute Gasteiger partial charge is 0.369 e. The summed E-state index contributed by atoms with van der Waals surface area (Å²) in [6, 6.07) is 3.08. The van der Waals surface area contributed by atoms with Crippen molar-refractivity contribution in [2.24, 2.45) is 0 Å². The summed E-state index contributed by atoms with van der Waals surface area (Å²) in [7, 11) is 0. The Labute approximate surface area is 142 Å². The second-order valence-electron chi connectivity index (χ2n) is 5.71. The molecular weight excluding hydrogens is 366 g/mol. The van der Waals surface area contributed by atoms with Crippen molar-refractivity contribution in [2.75, 3.05) is 18.0 Å². The van der Waals surface area contributed by atoms with Gasteiger partial charge in [0.1, 0.15) is 0 Å². The van der Waals surface area contributed by atoms with Crippen molar-refractivity contribution >= 4 is 21.6 Å². The van der Waals surface area contributed by atoms with Crippen LogP contribution in [0.2, 0.25) is 0 Å². The van der Waals surface area contributed by atoms with Crippen LogP contribution in [0.25, 0.3) is 0 Å². The average Bonchev–Trinajstić information content (AvgIpc) is 3.06. The molecule has 0 atom stereocenters. The summed E-state index contributed by atoms with van der Waals surface area (Å²) >= 11 is 3.38. The molecule has 0 saturated carbocycles. The van der Waals surface area contributed by atoms with Crippen LogP contribution in [0.1, 0.15) is 30.5 Å². The van der Waals surface area contributed by atoms with E-state index in [9.17, 15) is 8.78 Å². The van der Waals surface area contributed by atoms with Crippen molar-refractivity contribution < 1.29 is 8.78 Å². The lowest BCUT2D eigenvalue weighted by molar-refractivity contribution is 0.493. The van der Waals surface area contributed by atoms with E-state index in [4.69, 9.17) is 0 Å². The van der Waals surface area contributed by atoms with Crippen LogP contribution in [-0.4, -0.2) is 23.3 Å². The van der Waals surface area contributed by atoms with Crippen LogP contribution in [0, 0.1) is 11.6 Å². The SMILES string of the molecule is Fc1cc(Br)c(CNCc2ccn[nH]2)c(N2CCCCC2)c1F. The van der Waals surface area contributed by atoms with Crippen LogP contribution in [0.15, 0.2) is 22.8 Å². The summed E-state index contributed by atoms with van der Waals surface area (Å²) in [5.41, 5.74) is 2.09. The number of piperidine rings is 1. The predicted octanol–water partition coefficient (Wildman–Crippen LogP) is 3.73. The second-order valence-corrected chi connectivity index (χ2v) is 6.57. The maximum atomic E-state index is 14.4. The monoisotopic (exact) mass is 384 g/mol. The zero-order valence-electron chi connectivity index (χ0n) is 12.7. The molecule has 7 heteroatoms. The molecule has 4 nitrogen and oxygen atoms in total. The van der Waals surface area contributed by atoms with E-state index in [2.05, 4.69) is 31.4 Å². The molecule has 23 heavy (non-hydrogen) atoms. The number of anilines is 1. The fraction of sp³-hybridized carbons (Fsp3) is 0.438. The molecule has 0 aliphatic carbocycles. The van der Waals surface area contributed by atoms with Gasteiger partial charge in [-0.1, -0.05) is 15.9 Å². The molecule has 0 unspecified atom stereocenters. The molecule has 0 bridgehead atoms. The van der Waals surface area contributed by atoms with Crippen LogP contribution >= 0.6 is 15.9 Å². The van der Waals surface area contributed by atoms with Crippen LogP contribution < -0.4 is 10.2 Å². The van der Waals surface area contributed by atoms with Gasteiger partial charge in [0.15, 0.2) is 11.6 Å². The molecule has 2 aromatic rings. The summed E-state index contributed by atoms with van der Waals surface area (Å²) in [4.78, 5) is 1.96. The summed E-state index contributed by atoms with van der Waals surface area (Å²) < 4.78 is 28.9. The van der Waals surface area contributed by atoms with Gasteiger partial charge in [-0.05, 0) is 31.4 Å². The van der Waals surface area contributed by atoms with E-state index < -0.39 is 11.6 Å². The van der Waals surface area contributed by atoms with Gasteiger partial charge in [-0.2, -0.15) is 5.10 Å². The lowest BCUT2D eigenvalue weighted by Crippen LogP contribution is -2.32. The zero-order valence-corrected chi connectivity index (χ0v) is 14.3. The third-order valence-corrected chi connectivity index (χ3v) is 4.80. The highest BCUT2D eigenvalue weighted by molar-refractivity contribution is 9.10. The van der Waals surface area contributed by atoms with E-state index in [1.165, 1.54) is 6.07 Å². The number of nitrogens with zero attached hydrogens (tertiary/aromatic N) is 2. The Bertz CT molecular complexity index is 655. The number of benzene rings is 1. The predicted molar refractivity (Wildman–Crippen MR) is 89.3 cm³/mol. The number of rotatable bonds is 5. The fourth-order valence-electron chi connectivity index (χ4n) is 2.94. The number of nitrogens with one attached hydrogen (secondary N) is 2. The van der Waals surface area contributed by atoms with Crippen LogP contribution in [0.5, 0.6) is 0 Å². The van der Waals surface area contributed by atoms with E-state index in [1.807, 2.05) is 11.0 Å². The molecule has 1 aliphatic heterocycles. The Morgan fingerprint density at radius 3 is 2.70 bits per heavy atom. The van der Waals surface area contributed by atoms with Gasteiger partial charge in [0, 0.05) is 48.1 Å². The van der Waals surface area contributed by atoms with Gasteiger partial charge in [0.25, 0.3) is 0 Å². The first-order valence-corrected chi connectivity index (χ1v) is 8.56. The zero-order chi connectivity index (χ0) is 16.2. The standard InChI is InChI=1S/C16H19BrF2N4/c17-13-8-14(18)15(19)16(23-6-2-1-3-7-23)12(13)10-20-9-11-4-5-21-22-11/h4-5,8,20H,1-3,6-7,9-10H2,(H,21,22). The molecule has 1 fully saturated rings. The van der Waals surface area contributed by atoms with Gasteiger partial charge in [-0.15, -0.1) is 0 Å². The molecule has 1 aromatic heterocycles. The van der Waals surface area contributed by atoms with Crippen LogP contribution in [0.3, 0.4) is 0 Å². The first-order valence-electron chi connectivity index (χ1n) is 7.77. The Hall–Kier alpha value is -1.47. The molecule has 1 aliphatic rings. The molecule has 3 rings (SSSR count). The number of aromatic amines is 1. The van der Waals surface area contributed by atoms with Gasteiger partial charge in [0.05, 0.1) is 5.69 Å². The van der Waals surface area contributed by atoms with Gasteiger partial charge in [-0.25, -0.2) is 8.78 Å². The minimum atomic E-state index is -0.810. The molecular formula is C16H19BrF2N4. The third-order valence-electron chi connectivity index (χ3n) is 4.09. The third kappa shape index (κ3) is 3.72. The maximum absolute atomic E-state index is 14.4. The van der Waals surface area contributed by atoms with Crippen LogP contribution in [-0.2, 0) is 13.1 Å². The minimum absolute atomic E-state index is 0.383. The molecule has 2 N–H and O–H groups in total. The highest BCUT2D eigenvalue weighted by Crippen LogP contribution is 2.34. The highest BCUT2D eigenvalue weighted by Gasteiger charge is 2.23. The lowest BCUT2D eigenvalue weighted by atomic mass is 10.1. The first kappa shape index (κ1) is 16.4. The van der Waals surface area contributed by atoms with Crippen molar-refractivity contribution in [1.29, 1.82) is 0 Å². The average molecular weight is 385 g/mol. The van der Waals surface area contributed by atoms with Crippen molar-refractivity contribution in [3.63, 3.8) is 0 Å². The summed E-state index contributed by atoms with van der Waals surface area (Å²) in [6.45, 7) is 2.56. The molecule has 0 radical (unpaired) electrons. The van der Waals surface area contributed by atoms with E-state index in [-0.39, 0.29) is 0 Å². The number of H-pyrrole nitrogens is 1. The Kier molecular flexibility index (Phi) is 5.27. The molecule has 0 spiro atoms. The molecule has 1 aromatic carbocycles. The second kappa shape index (κ2) is 7.40.